The van der Waals surface area contributed by atoms with Gasteiger partial charge < -0.3 is 11.5 Å². The molecule has 1 aromatic rings. The summed E-state index contributed by atoms with van der Waals surface area (Å²) in [6.07, 6.45) is 2.93. The highest BCUT2D eigenvalue weighted by Gasteiger charge is 2.12. The van der Waals surface area contributed by atoms with Crippen LogP contribution in [-0.2, 0) is 7.05 Å². The van der Waals surface area contributed by atoms with E-state index in [4.69, 9.17) is 11.5 Å². The summed E-state index contributed by atoms with van der Waals surface area (Å²) >= 11 is 1.76. The fourth-order valence-corrected chi connectivity index (χ4v) is 1.44. The van der Waals surface area contributed by atoms with Crippen molar-refractivity contribution in [2.75, 3.05) is 17.7 Å². The summed E-state index contributed by atoms with van der Waals surface area (Å²) < 4.78 is 1.54. The highest BCUT2D eigenvalue weighted by molar-refractivity contribution is 7.98. The molecule has 0 fully saturated rings. The zero-order chi connectivity index (χ0) is 9.84. The first kappa shape index (κ1) is 10.3. The summed E-state index contributed by atoms with van der Waals surface area (Å²) in [4.78, 5) is 4.06. The number of nitrogen functional groups attached to an aromatic ring is 1. The molecular formula is C7H15N5S. The van der Waals surface area contributed by atoms with Crippen molar-refractivity contribution in [2.24, 2.45) is 12.8 Å². The Morgan fingerprint density at radius 2 is 2.31 bits per heavy atom. The van der Waals surface area contributed by atoms with Crippen LogP contribution in [0.5, 0.6) is 0 Å². The van der Waals surface area contributed by atoms with E-state index in [9.17, 15) is 0 Å². The predicted octanol–water partition coefficient (Wildman–Crippen LogP) is 0.150. The maximum absolute atomic E-state index is 5.86. The third kappa shape index (κ3) is 2.60. The Balaban J connectivity index is 2.60. The second-order valence-corrected chi connectivity index (χ2v) is 3.83. The summed E-state index contributed by atoms with van der Waals surface area (Å²) in [6.45, 7) is 0. The number of rotatable bonds is 4. The summed E-state index contributed by atoms with van der Waals surface area (Å²) in [6, 6.07) is -0.101. The molecule has 1 aromatic heterocycles. The third-order valence-corrected chi connectivity index (χ3v) is 2.42. The Morgan fingerprint density at radius 3 is 2.77 bits per heavy atom. The van der Waals surface area contributed by atoms with Crippen LogP contribution in [0.1, 0.15) is 18.3 Å². The minimum atomic E-state index is -0.101. The highest BCUT2D eigenvalue weighted by atomic mass is 32.2. The summed E-state index contributed by atoms with van der Waals surface area (Å²) in [5.74, 6) is 2.06. The molecule has 74 valence electrons. The first-order chi connectivity index (χ1) is 6.15. The molecule has 13 heavy (non-hydrogen) atoms. The van der Waals surface area contributed by atoms with Crippen molar-refractivity contribution in [2.45, 2.75) is 12.5 Å². The largest absolute Gasteiger partial charge is 0.368 e. The number of aromatic nitrogens is 3. The standard InChI is InChI=1S/C7H15N5S/c1-12-7(9)10-6(11-12)5(8)3-4-13-2/h5H,3-4,8H2,1-2H3,(H2,9,10,11)/t5-/m1/s1. The van der Waals surface area contributed by atoms with E-state index in [2.05, 4.69) is 10.1 Å². The van der Waals surface area contributed by atoms with Crippen LogP contribution in [0.2, 0.25) is 0 Å². The van der Waals surface area contributed by atoms with Crippen LogP contribution in [0, 0.1) is 0 Å². The lowest BCUT2D eigenvalue weighted by Gasteiger charge is -2.04. The van der Waals surface area contributed by atoms with Crippen LogP contribution in [-0.4, -0.2) is 26.8 Å². The molecule has 6 heteroatoms. The van der Waals surface area contributed by atoms with Gasteiger partial charge in [-0.15, -0.1) is 0 Å². The second kappa shape index (κ2) is 4.48. The molecule has 4 N–H and O–H groups in total. The molecule has 0 aliphatic heterocycles. The van der Waals surface area contributed by atoms with Crippen molar-refractivity contribution in [3.63, 3.8) is 0 Å². The number of anilines is 1. The summed E-state index contributed by atoms with van der Waals surface area (Å²) in [5.41, 5.74) is 11.4. The molecule has 1 atom stereocenters. The molecule has 0 bridgehead atoms. The van der Waals surface area contributed by atoms with Gasteiger partial charge in [0.1, 0.15) is 0 Å². The van der Waals surface area contributed by atoms with Gasteiger partial charge >= 0.3 is 0 Å². The first-order valence-electron chi connectivity index (χ1n) is 4.06. The fourth-order valence-electron chi connectivity index (χ4n) is 0.948. The normalized spacial score (nSPS) is 13.2. The van der Waals surface area contributed by atoms with Crippen molar-refractivity contribution in [1.82, 2.24) is 14.8 Å². The lowest BCUT2D eigenvalue weighted by molar-refractivity contribution is 0.637. The van der Waals surface area contributed by atoms with Gasteiger partial charge in [0.2, 0.25) is 5.95 Å². The van der Waals surface area contributed by atoms with Gasteiger partial charge in [0, 0.05) is 7.05 Å². The van der Waals surface area contributed by atoms with E-state index in [0.717, 1.165) is 12.2 Å². The van der Waals surface area contributed by atoms with E-state index in [1.165, 1.54) is 4.68 Å². The van der Waals surface area contributed by atoms with Crippen molar-refractivity contribution in [3.05, 3.63) is 5.82 Å². The molecule has 0 amide bonds. The maximum atomic E-state index is 5.86. The number of nitrogens with two attached hydrogens (primary N) is 2. The summed E-state index contributed by atoms with van der Waals surface area (Å²) in [7, 11) is 1.76. The molecule has 1 heterocycles. The van der Waals surface area contributed by atoms with Gasteiger partial charge in [0.25, 0.3) is 0 Å². The lowest BCUT2D eigenvalue weighted by Crippen LogP contribution is -2.13. The average molecular weight is 201 g/mol. The monoisotopic (exact) mass is 201 g/mol. The van der Waals surface area contributed by atoms with E-state index in [1.54, 1.807) is 18.8 Å². The molecule has 0 aliphatic rings. The summed E-state index contributed by atoms with van der Waals surface area (Å²) in [5, 5.41) is 4.11. The average Bonchev–Trinajstić information content (AvgIpc) is 2.43. The van der Waals surface area contributed by atoms with Gasteiger partial charge in [0.15, 0.2) is 5.82 Å². The molecule has 1 rings (SSSR count). The zero-order valence-corrected chi connectivity index (χ0v) is 8.71. The Bertz CT molecular complexity index is 252. The van der Waals surface area contributed by atoms with E-state index in [-0.39, 0.29) is 6.04 Å². The first-order valence-corrected chi connectivity index (χ1v) is 5.45. The molecule has 0 unspecified atom stereocenters. The smallest absolute Gasteiger partial charge is 0.218 e. The molecule has 0 spiro atoms. The van der Waals surface area contributed by atoms with Crippen molar-refractivity contribution < 1.29 is 0 Å². The van der Waals surface area contributed by atoms with Gasteiger partial charge in [-0.25, -0.2) is 4.68 Å². The quantitative estimate of drug-likeness (QED) is 0.724. The van der Waals surface area contributed by atoms with Crippen LogP contribution < -0.4 is 11.5 Å². The molecule has 0 saturated heterocycles. The van der Waals surface area contributed by atoms with Crippen LogP contribution in [0.25, 0.3) is 0 Å². The molecule has 0 saturated carbocycles. The van der Waals surface area contributed by atoms with Crippen molar-refractivity contribution >= 4 is 17.7 Å². The predicted molar refractivity (Wildman–Crippen MR) is 55.3 cm³/mol. The Morgan fingerprint density at radius 1 is 1.62 bits per heavy atom. The Kier molecular flexibility index (Phi) is 3.56. The molecule has 0 radical (unpaired) electrons. The maximum Gasteiger partial charge on any atom is 0.218 e. The van der Waals surface area contributed by atoms with Crippen molar-refractivity contribution in [1.29, 1.82) is 0 Å². The van der Waals surface area contributed by atoms with Crippen LogP contribution >= 0.6 is 11.8 Å². The molecule has 0 aliphatic carbocycles. The zero-order valence-electron chi connectivity index (χ0n) is 7.90. The van der Waals surface area contributed by atoms with Gasteiger partial charge in [-0.2, -0.15) is 21.8 Å². The van der Waals surface area contributed by atoms with E-state index < -0.39 is 0 Å². The third-order valence-electron chi connectivity index (χ3n) is 1.78. The van der Waals surface area contributed by atoms with Gasteiger partial charge in [-0.3, -0.25) is 0 Å². The Hall–Kier alpha value is -0.750. The molecular weight excluding hydrogens is 186 g/mol. The van der Waals surface area contributed by atoms with E-state index in [0.29, 0.717) is 11.8 Å². The van der Waals surface area contributed by atoms with Gasteiger partial charge in [-0.05, 0) is 18.4 Å². The van der Waals surface area contributed by atoms with Crippen LogP contribution in [0.15, 0.2) is 0 Å². The van der Waals surface area contributed by atoms with Crippen LogP contribution in [0.4, 0.5) is 5.95 Å². The number of hydrogen-bond acceptors (Lipinski definition) is 5. The molecule has 0 aromatic carbocycles. The number of thioether (sulfide) groups is 1. The van der Waals surface area contributed by atoms with E-state index in [1.807, 2.05) is 6.26 Å². The highest BCUT2D eigenvalue weighted by Crippen LogP contribution is 2.12. The van der Waals surface area contributed by atoms with Gasteiger partial charge in [-0.1, -0.05) is 0 Å². The molecule has 5 nitrogen and oxygen atoms in total. The fraction of sp³-hybridized carbons (Fsp3) is 0.714. The minimum absolute atomic E-state index is 0.101. The SMILES string of the molecule is CSCC[C@@H](N)c1nc(N)n(C)n1. The van der Waals surface area contributed by atoms with E-state index >= 15 is 0 Å². The topological polar surface area (TPSA) is 82.7 Å². The van der Waals surface area contributed by atoms with Crippen molar-refractivity contribution in [3.8, 4) is 0 Å². The second-order valence-electron chi connectivity index (χ2n) is 2.84. The van der Waals surface area contributed by atoms with Gasteiger partial charge in [0.05, 0.1) is 6.04 Å². The minimum Gasteiger partial charge on any atom is -0.368 e. The Labute approximate surface area is 81.9 Å². The number of aryl methyl sites for hydroxylation is 1. The lowest BCUT2D eigenvalue weighted by atomic mass is 10.2. The van der Waals surface area contributed by atoms with Crippen LogP contribution in [0.3, 0.4) is 0 Å². The number of hydrogen-bond donors (Lipinski definition) is 2. The number of nitrogens with zero attached hydrogens (tertiary/aromatic N) is 3.